The molecule has 0 saturated carbocycles. The Balaban J connectivity index is 2.01. The number of fused-ring (bicyclic) bond motifs is 1. The van der Waals surface area contributed by atoms with Crippen molar-refractivity contribution >= 4 is 16.3 Å². The molecule has 2 heterocycles. The SMILES string of the molecule is CC(C)c1ccc(-c2cn3ccsc3n2)cc1. The fourth-order valence-electron chi connectivity index (χ4n) is 1.91. The molecule has 0 aliphatic rings. The van der Waals surface area contributed by atoms with E-state index in [4.69, 9.17) is 0 Å². The summed E-state index contributed by atoms with van der Waals surface area (Å²) in [5, 5.41) is 2.05. The fourth-order valence-corrected chi connectivity index (χ4v) is 2.61. The zero-order chi connectivity index (χ0) is 11.8. The van der Waals surface area contributed by atoms with Crippen LogP contribution in [0.25, 0.3) is 16.2 Å². The summed E-state index contributed by atoms with van der Waals surface area (Å²) in [6.07, 6.45) is 4.12. The first-order valence-electron chi connectivity index (χ1n) is 5.76. The maximum atomic E-state index is 4.60. The Bertz CT molecular complexity index is 603. The molecular formula is C14H14N2S. The normalized spacial score (nSPS) is 11.5. The summed E-state index contributed by atoms with van der Waals surface area (Å²) in [6.45, 7) is 4.42. The molecule has 0 aliphatic carbocycles. The van der Waals surface area contributed by atoms with Crippen LogP contribution in [-0.2, 0) is 0 Å². The van der Waals surface area contributed by atoms with Gasteiger partial charge in [0.25, 0.3) is 0 Å². The van der Waals surface area contributed by atoms with Gasteiger partial charge in [0.1, 0.15) is 0 Å². The van der Waals surface area contributed by atoms with Gasteiger partial charge in [-0.05, 0) is 11.5 Å². The third-order valence-corrected chi connectivity index (χ3v) is 3.74. The maximum absolute atomic E-state index is 4.60. The van der Waals surface area contributed by atoms with Gasteiger partial charge < -0.3 is 0 Å². The second-order valence-electron chi connectivity index (χ2n) is 4.50. The van der Waals surface area contributed by atoms with Crippen LogP contribution in [0.2, 0.25) is 0 Å². The first-order chi connectivity index (χ1) is 8.24. The molecule has 0 N–H and O–H groups in total. The summed E-state index contributed by atoms with van der Waals surface area (Å²) in [6, 6.07) is 8.68. The van der Waals surface area contributed by atoms with Crippen LogP contribution < -0.4 is 0 Å². The molecule has 0 saturated heterocycles. The number of thiazole rings is 1. The predicted octanol–water partition coefficient (Wildman–Crippen LogP) is 4.19. The number of aromatic nitrogens is 2. The molecule has 17 heavy (non-hydrogen) atoms. The van der Waals surface area contributed by atoms with Crippen molar-refractivity contribution < 1.29 is 0 Å². The van der Waals surface area contributed by atoms with Crippen LogP contribution in [0.15, 0.2) is 42.0 Å². The predicted molar refractivity (Wildman–Crippen MR) is 72.6 cm³/mol. The van der Waals surface area contributed by atoms with Gasteiger partial charge in [-0.2, -0.15) is 0 Å². The van der Waals surface area contributed by atoms with Crippen LogP contribution in [-0.4, -0.2) is 9.38 Å². The van der Waals surface area contributed by atoms with Gasteiger partial charge in [0, 0.05) is 23.3 Å². The van der Waals surface area contributed by atoms with Crippen molar-refractivity contribution in [1.29, 1.82) is 0 Å². The van der Waals surface area contributed by atoms with Crippen molar-refractivity contribution in [3.63, 3.8) is 0 Å². The number of hydrogen-bond acceptors (Lipinski definition) is 2. The summed E-state index contributed by atoms with van der Waals surface area (Å²) in [5.74, 6) is 0.578. The molecular weight excluding hydrogens is 228 g/mol. The highest BCUT2D eigenvalue weighted by Crippen LogP contribution is 2.23. The van der Waals surface area contributed by atoms with E-state index in [0.717, 1.165) is 10.7 Å². The molecule has 3 aromatic rings. The van der Waals surface area contributed by atoms with E-state index in [1.807, 2.05) is 11.6 Å². The minimum Gasteiger partial charge on any atom is -0.297 e. The Hall–Kier alpha value is -1.61. The summed E-state index contributed by atoms with van der Waals surface area (Å²) in [7, 11) is 0. The van der Waals surface area contributed by atoms with E-state index >= 15 is 0 Å². The van der Waals surface area contributed by atoms with Gasteiger partial charge >= 0.3 is 0 Å². The van der Waals surface area contributed by atoms with Crippen molar-refractivity contribution in [1.82, 2.24) is 9.38 Å². The van der Waals surface area contributed by atoms with Crippen LogP contribution in [0.1, 0.15) is 25.3 Å². The monoisotopic (exact) mass is 242 g/mol. The second-order valence-corrected chi connectivity index (χ2v) is 5.37. The first kappa shape index (κ1) is 10.5. The van der Waals surface area contributed by atoms with E-state index in [1.54, 1.807) is 11.3 Å². The largest absolute Gasteiger partial charge is 0.297 e. The van der Waals surface area contributed by atoms with Gasteiger partial charge in [0.15, 0.2) is 4.96 Å². The van der Waals surface area contributed by atoms with E-state index in [2.05, 4.69) is 53.7 Å². The maximum Gasteiger partial charge on any atom is 0.194 e. The fraction of sp³-hybridized carbons (Fsp3) is 0.214. The van der Waals surface area contributed by atoms with E-state index in [9.17, 15) is 0 Å². The average Bonchev–Trinajstić information content (AvgIpc) is 2.89. The van der Waals surface area contributed by atoms with E-state index in [1.165, 1.54) is 11.1 Å². The molecule has 0 amide bonds. The number of imidazole rings is 1. The highest BCUT2D eigenvalue weighted by molar-refractivity contribution is 7.15. The number of benzene rings is 1. The Morgan fingerprint density at radius 2 is 1.94 bits per heavy atom. The lowest BCUT2D eigenvalue weighted by Crippen LogP contribution is -1.86. The lowest BCUT2D eigenvalue weighted by Gasteiger charge is -2.05. The number of rotatable bonds is 2. The Morgan fingerprint density at radius 3 is 2.59 bits per heavy atom. The molecule has 3 rings (SSSR count). The smallest absolute Gasteiger partial charge is 0.194 e. The molecule has 0 radical (unpaired) electrons. The molecule has 86 valence electrons. The zero-order valence-corrected chi connectivity index (χ0v) is 10.7. The first-order valence-corrected chi connectivity index (χ1v) is 6.64. The summed E-state index contributed by atoms with van der Waals surface area (Å²) in [5.41, 5.74) is 3.60. The Morgan fingerprint density at radius 1 is 1.18 bits per heavy atom. The minimum absolute atomic E-state index is 0.578. The standard InChI is InChI=1S/C14H14N2S/c1-10(2)11-3-5-12(6-4-11)13-9-16-7-8-17-14(16)15-13/h3-10H,1-2H3. The quantitative estimate of drug-likeness (QED) is 0.658. The molecule has 0 fully saturated rings. The minimum atomic E-state index is 0.578. The van der Waals surface area contributed by atoms with Gasteiger partial charge in [0.05, 0.1) is 5.69 Å². The lowest BCUT2D eigenvalue weighted by molar-refractivity contribution is 0.867. The van der Waals surface area contributed by atoms with Gasteiger partial charge in [0.2, 0.25) is 0 Å². The molecule has 1 aromatic carbocycles. The summed E-state index contributed by atoms with van der Waals surface area (Å²) in [4.78, 5) is 5.65. The van der Waals surface area contributed by atoms with Crippen molar-refractivity contribution in [2.24, 2.45) is 0 Å². The van der Waals surface area contributed by atoms with Crippen LogP contribution >= 0.6 is 11.3 Å². The van der Waals surface area contributed by atoms with Gasteiger partial charge in [-0.1, -0.05) is 38.1 Å². The van der Waals surface area contributed by atoms with Crippen molar-refractivity contribution in [3.05, 3.63) is 47.6 Å². The van der Waals surface area contributed by atoms with Crippen molar-refractivity contribution in [2.75, 3.05) is 0 Å². The summed E-state index contributed by atoms with van der Waals surface area (Å²) >= 11 is 1.66. The third-order valence-electron chi connectivity index (χ3n) is 2.97. The Kier molecular flexibility index (Phi) is 2.48. The van der Waals surface area contributed by atoms with Crippen LogP contribution in [0.4, 0.5) is 0 Å². The molecule has 0 bridgehead atoms. The van der Waals surface area contributed by atoms with Gasteiger partial charge in [-0.15, -0.1) is 11.3 Å². The van der Waals surface area contributed by atoms with Crippen LogP contribution in [0.5, 0.6) is 0 Å². The van der Waals surface area contributed by atoms with Gasteiger partial charge in [-0.3, -0.25) is 4.40 Å². The van der Waals surface area contributed by atoms with E-state index in [0.29, 0.717) is 5.92 Å². The molecule has 0 spiro atoms. The molecule has 2 nitrogen and oxygen atoms in total. The highest BCUT2D eigenvalue weighted by Gasteiger charge is 2.05. The molecule has 0 atom stereocenters. The van der Waals surface area contributed by atoms with E-state index in [-0.39, 0.29) is 0 Å². The Labute approximate surface area is 105 Å². The summed E-state index contributed by atoms with van der Waals surface area (Å²) < 4.78 is 2.07. The number of nitrogens with zero attached hydrogens (tertiary/aromatic N) is 2. The molecule has 3 heteroatoms. The lowest BCUT2D eigenvalue weighted by atomic mass is 10.0. The van der Waals surface area contributed by atoms with Gasteiger partial charge in [-0.25, -0.2) is 4.98 Å². The van der Waals surface area contributed by atoms with Crippen molar-refractivity contribution in [3.8, 4) is 11.3 Å². The molecule has 2 aromatic heterocycles. The average molecular weight is 242 g/mol. The zero-order valence-electron chi connectivity index (χ0n) is 9.92. The molecule has 0 unspecified atom stereocenters. The third kappa shape index (κ3) is 1.87. The molecule has 0 aliphatic heterocycles. The second kappa shape index (κ2) is 4.00. The number of hydrogen-bond donors (Lipinski definition) is 0. The topological polar surface area (TPSA) is 17.3 Å². The van der Waals surface area contributed by atoms with Crippen LogP contribution in [0.3, 0.4) is 0 Å². The van der Waals surface area contributed by atoms with Crippen molar-refractivity contribution in [2.45, 2.75) is 19.8 Å². The van der Waals surface area contributed by atoms with E-state index < -0.39 is 0 Å². The highest BCUT2D eigenvalue weighted by atomic mass is 32.1. The van der Waals surface area contributed by atoms with Crippen LogP contribution in [0, 0.1) is 0 Å².